The van der Waals surface area contributed by atoms with Crippen LogP contribution >= 0.6 is 0 Å². The van der Waals surface area contributed by atoms with Gasteiger partial charge < -0.3 is 49.4 Å². The maximum atomic E-state index is 14.4. The number of nitrogens with one attached hydrogen (secondary N) is 2. The molecule has 0 aliphatic carbocycles. The third-order valence-corrected chi connectivity index (χ3v) is 9.91. The number of nitrogens with zero attached hydrogens (tertiary/aromatic N) is 3. The van der Waals surface area contributed by atoms with Crippen LogP contribution in [0.4, 0.5) is 0 Å². The summed E-state index contributed by atoms with van der Waals surface area (Å²) in [5.41, 5.74) is 0.867. The van der Waals surface area contributed by atoms with Gasteiger partial charge in [0.2, 0.25) is 29.4 Å². The number of carbonyl (C=O) groups excluding carboxylic acids is 5. The van der Waals surface area contributed by atoms with Crippen LogP contribution in [0.2, 0.25) is 0 Å². The maximum Gasteiger partial charge on any atom is 0.258 e. The van der Waals surface area contributed by atoms with Crippen molar-refractivity contribution >= 4 is 29.5 Å². The van der Waals surface area contributed by atoms with E-state index in [1.165, 1.54) is 49.1 Å². The predicted molar refractivity (Wildman–Crippen MR) is 183 cm³/mol. The van der Waals surface area contributed by atoms with Crippen molar-refractivity contribution in [1.29, 1.82) is 0 Å². The SMILES string of the molecule is COc1ccc(C(=O)N2CC(=O)N3CCC[C@H]3C(=O)N(C)[C@@H](C)C(=O)N[C@@H](Cc3ccccc3)C(=O)N[C@H]3CCO[C@H](C2)[C@H]3O)c(OC)c1OC. The number of hydrogen-bond donors (Lipinski definition) is 3. The smallest absolute Gasteiger partial charge is 0.258 e. The fourth-order valence-electron chi connectivity index (χ4n) is 6.88. The topological polar surface area (TPSA) is 176 Å². The first-order valence-corrected chi connectivity index (χ1v) is 17.1. The van der Waals surface area contributed by atoms with E-state index in [1.807, 2.05) is 30.3 Å². The molecule has 0 radical (unpaired) electrons. The van der Waals surface area contributed by atoms with E-state index in [-0.39, 0.29) is 49.6 Å². The Morgan fingerprint density at radius 2 is 1.67 bits per heavy atom. The van der Waals surface area contributed by atoms with Crippen LogP contribution in [0.1, 0.15) is 42.1 Å². The van der Waals surface area contributed by atoms with E-state index in [2.05, 4.69) is 10.6 Å². The number of fused-ring (bicyclic) bond motifs is 3. The Bertz CT molecular complexity index is 1610. The van der Waals surface area contributed by atoms with Gasteiger partial charge in [-0.3, -0.25) is 24.0 Å². The van der Waals surface area contributed by atoms with Crippen LogP contribution in [-0.2, 0) is 30.3 Å². The highest BCUT2D eigenvalue weighted by Gasteiger charge is 2.42. The molecule has 15 heteroatoms. The van der Waals surface area contributed by atoms with Gasteiger partial charge in [0, 0.05) is 26.6 Å². The minimum absolute atomic E-state index is 0.0694. The van der Waals surface area contributed by atoms with Gasteiger partial charge in [0.15, 0.2) is 11.5 Å². The monoisotopic (exact) mass is 709 g/mol. The van der Waals surface area contributed by atoms with Crippen molar-refractivity contribution in [3.8, 4) is 17.2 Å². The summed E-state index contributed by atoms with van der Waals surface area (Å²) in [5.74, 6) is -2.04. The van der Waals surface area contributed by atoms with Crippen LogP contribution in [0, 0.1) is 0 Å². The molecule has 0 aromatic heterocycles. The normalized spacial score (nSPS) is 26.5. The second-order valence-corrected chi connectivity index (χ2v) is 13.0. The van der Waals surface area contributed by atoms with Crippen LogP contribution in [-0.4, -0.2) is 140 Å². The molecule has 2 bridgehead atoms. The van der Waals surface area contributed by atoms with Crippen molar-refractivity contribution < 1.29 is 48.0 Å². The summed E-state index contributed by atoms with van der Waals surface area (Å²) in [7, 11) is 5.72. The third kappa shape index (κ3) is 8.04. The van der Waals surface area contributed by atoms with Gasteiger partial charge in [-0.25, -0.2) is 0 Å². The average molecular weight is 710 g/mol. The molecule has 3 fully saturated rings. The Hall–Kier alpha value is -4.89. The van der Waals surface area contributed by atoms with Crippen molar-refractivity contribution in [2.75, 3.05) is 54.6 Å². The summed E-state index contributed by atoms with van der Waals surface area (Å²) in [6, 6.07) is 8.53. The highest BCUT2D eigenvalue weighted by Crippen LogP contribution is 2.40. The van der Waals surface area contributed by atoms with Crippen LogP contribution in [0.15, 0.2) is 42.5 Å². The fourth-order valence-corrected chi connectivity index (χ4v) is 6.88. The molecule has 5 amide bonds. The Morgan fingerprint density at radius 1 is 0.941 bits per heavy atom. The van der Waals surface area contributed by atoms with Crippen LogP contribution in [0.5, 0.6) is 17.2 Å². The fraction of sp³-hybridized carbons (Fsp3) is 0.528. The molecule has 3 aliphatic rings. The molecule has 3 aliphatic heterocycles. The van der Waals surface area contributed by atoms with Crippen molar-refractivity contribution in [3.63, 3.8) is 0 Å². The summed E-state index contributed by atoms with van der Waals surface area (Å²) >= 11 is 0. The number of aliphatic hydroxyl groups excluding tert-OH is 1. The minimum atomic E-state index is -1.28. The van der Waals surface area contributed by atoms with Gasteiger partial charge >= 0.3 is 0 Å². The lowest BCUT2D eigenvalue weighted by atomic mass is 9.97. The zero-order chi connectivity index (χ0) is 36.8. The Balaban J connectivity index is 1.53. The van der Waals surface area contributed by atoms with E-state index in [1.54, 1.807) is 13.0 Å². The van der Waals surface area contributed by atoms with Crippen LogP contribution in [0.25, 0.3) is 0 Å². The first kappa shape index (κ1) is 37.4. The standard InChI is InChI=1S/C36H47N5O10/c1-21-33(44)38-25(18-22-10-7-6-8-11-22)34(45)37-24-15-17-51-28(30(24)43)19-40(20-29(42)41-16-9-12-26(41)36(47)39(21)2)35(46)23-13-14-27(48-3)32(50-5)31(23)49-4/h6-8,10-11,13-14,21,24-26,28,30,43H,9,12,15-20H2,1-5H3,(H,37,45)(H,38,44)/t21-,24-,25-,26-,28+,30-/m0/s1. The zero-order valence-corrected chi connectivity index (χ0v) is 29.6. The van der Waals surface area contributed by atoms with E-state index in [9.17, 15) is 29.1 Å². The molecule has 0 saturated carbocycles. The van der Waals surface area contributed by atoms with Crippen molar-refractivity contribution in [1.82, 2.24) is 25.3 Å². The molecular weight excluding hydrogens is 662 g/mol. The molecular formula is C36H47N5O10. The number of carbonyl (C=O) groups is 5. The van der Waals surface area contributed by atoms with Crippen molar-refractivity contribution in [2.45, 2.75) is 69.0 Å². The Morgan fingerprint density at radius 3 is 2.35 bits per heavy atom. The number of benzene rings is 2. The van der Waals surface area contributed by atoms with Crippen molar-refractivity contribution in [3.05, 3.63) is 53.6 Å². The second kappa shape index (κ2) is 16.4. The van der Waals surface area contributed by atoms with E-state index in [0.29, 0.717) is 18.6 Å². The van der Waals surface area contributed by atoms with E-state index >= 15 is 0 Å². The molecule has 5 rings (SSSR count). The Labute approximate surface area is 297 Å². The van der Waals surface area contributed by atoms with Gasteiger partial charge in [-0.2, -0.15) is 0 Å². The third-order valence-electron chi connectivity index (χ3n) is 9.91. The molecule has 0 spiro atoms. The largest absolute Gasteiger partial charge is 0.493 e. The second-order valence-electron chi connectivity index (χ2n) is 13.0. The molecule has 2 aromatic carbocycles. The lowest BCUT2D eigenvalue weighted by Gasteiger charge is -2.38. The van der Waals surface area contributed by atoms with Gasteiger partial charge in [-0.15, -0.1) is 0 Å². The summed E-state index contributed by atoms with van der Waals surface area (Å²) in [4.78, 5) is 73.6. The van der Waals surface area contributed by atoms with E-state index in [0.717, 1.165) is 5.56 Å². The Kier molecular flexibility index (Phi) is 12.0. The van der Waals surface area contributed by atoms with Gasteiger partial charge in [0.05, 0.1) is 39.5 Å². The van der Waals surface area contributed by atoms with Crippen molar-refractivity contribution in [2.24, 2.45) is 0 Å². The van der Waals surface area contributed by atoms with E-state index < -0.39 is 72.5 Å². The predicted octanol–water partition coefficient (Wildman–Crippen LogP) is 0.368. The minimum Gasteiger partial charge on any atom is -0.493 e. The number of ether oxygens (including phenoxy) is 4. The number of amides is 5. The molecule has 3 heterocycles. The lowest BCUT2D eigenvalue weighted by Crippen LogP contribution is -2.60. The molecule has 51 heavy (non-hydrogen) atoms. The quantitative estimate of drug-likeness (QED) is 0.380. The summed E-state index contributed by atoms with van der Waals surface area (Å²) in [6.45, 7) is 1.28. The molecule has 6 atom stereocenters. The first-order chi connectivity index (χ1) is 24.5. The summed E-state index contributed by atoms with van der Waals surface area (Å²) in [5, 5.41) is 17.3. The molecule has 3 saturated heterocycles. The number of methoxy groups -OCH3 is 3. The van der Waals surface area contributed by atoms with Gasteiger partial charge in [0.25, 0.3) is 5.91 Å². The molecule has 3 N–H and O–H groups in total. The maximum absolute atomic E-state index is 14.4. The van der Waals surface area contributed by atoms with E-state index in [4.69, 9.17) is 18.9 Å². The number of aliphatic hydroxyl groups is 1. The zero-order valence-electron chi connectivity index (χ0n) is 29.6. The average Bonchev–Trinajstić information content (AvgIpc) is 3.64. The number of likely N-dealkylation sites (N-methyl/N-ethyl adjacent to an activating group) is 1. The number of rotatable bonds is 6. The summed E-state index contributed by atoms with van der Waals surface area (Å²) in [6.07, 6.45) is -0.964. The van der Waals surface area contributed by atoms with Gasteiger partial charge in [-0.1, -0.05) is 30.3 Å². The first-order valence-electron chi connectivity index (χ1n) is 17.1. The summed E-state index contributed by atoms with van der Waals surface area (Å²) < 4.78 is 22.4. The number of hydrogen-bond acceptors (Lipinski definition) is 10. The highest BCUT2D eigenvalue weighted by atomic mass is 16.5. The van der Waals surface area contributed by atoms with Gasteiger partial charge in [-0.05, 0) is 43.9 Å². The molecule has 0 unspecified atom stereocenters. The highest BCUT2D eigenvalue weighted by molar-refractivity contribution is 6.01. The van der Waals surface area contributed by atoms with Crippen LogP contribution < -0.4 is 24.8 Å². The molecule has 2 aromatic rings. The molecule has 15 nitrogen and oxygen atoms in total. The molecule has 276 valence electrons. The van der Waals surface area contributed by atoms with Crippen LogP contribution in [0.3, 0.4) is 0 Å². The lowest BCUT2D eigenvalue weighted by molar-refractivity contribution is -0.147. The van der Waals surface area contributed by atoms with Gasteiger partial charge in [0.1, 0.15) is 36.9 Å².